The lowest BCUT2D eigenvalue weighted by atomic mass is 9.92. The number of aliphatic imine (C=N–C) groups is 1. The number of rotatable bonds is 5. The average Bonchev–Trinajstić information content (AvgIpc) is 2.36. The highest BCUT2D eigenvalue weighted by molar-refractivity contribution is 5.95. The number of aliphatic hydroxyl groups is 2. The van der Waals surface area contributed by atoms with Crippen molar-refractivity contribution in [2.45, 2.75) is 31.9 Å². The van der Waals surface area contributed by atoms with Crippen LogP contribution in [-0.2, 0) is 0 Å². The van der Waals surface area contributed by atoms with E-state index in [0.717, 1.165) is 0 Å². The second-order valence-corrected chi connectivity index (χ2v) is 4.00. The lowest BCUT2D eigenvalue weighted by molar-refractivity contribution is 0.0547. The molecule has 0 spiro atoms. The van der Waals surface area contributed by atoms with Crippen LogP contribution in [0.15, 0.2) is 29.4 Å². The molecule has 0 radical (unpaired) electrons. The molecule has 0 saturated heterocycles. The van der Waals surface area contributed by atoms with Crippen LogP contribution < -0.4 is 5.73 Å². The van der Waals surface area contributed by atoms with Crippen LogP contribution in [0.2, 0.25) is 0 Å². The average molecular weight is 237 g/mol. The standard InChI is InChI=1S/C12H19N3O2/c1-3-12(8-16,9(2)17)15-11(13)10-6-4-5-7-14-10/h4-7,9,16-17H,3,8H2,1-2H3,(H2,13,15). The van der Waals surface area contributed by atoms with Gasteiger partial charge in [-0.2, -0.15) is 0 Å². The summed E-state index contributed by atoms with van der Waals surface area (Å²) < 4.78 is 0. The van der Waals surface area contributed by atoms with Crippen molar-refractivity contribution in [2.24, 2.45) is 10.7 Å². The van der Waals surface area contributed by atoms with E-state index in [1.807, 2.05) is 6.92 Å². The van der Waals surface area contributed by atoms with E-state index in [1.165, 1.54) is 0 Å². The number of amidine groups is 1. The van der Waals surface area contributed by atoms with Gasteiger partial charge in [-0.15, -0.1) is 0 Å². The van der Waals surface area contributed by atoms with Crippen molar-refractivity contribution in [3.63, 3.8) is 0 Å². The molecule has 0 aliphatic heterocycles. The number of pyridine rings is 1. The van der Waals surface area contributed by atoms with Gasteiger partial charge in [0, 0.05) is 6.20 Å². The highest BCUT2D eigenvalue weighted by atomic mass is 16.3. The van der Waals surface area contributed by atoms with Gasteiger partial charge in [0.2, 0.25) is 0 Å². The highest BCUT2D eigenvalue weighted by Gasteiger charge is 2.33. The molecule has 2 atom stereocenters. The summed E-state index contributed by atoms with van der Waals surface area (Å²) in [5, 5.41) is 19.1. The topological polar surface area (TPSA) is 91.7 Å². The minimum absolute atomic E-state index is 0.224. The van der Waals surface area contributed by atoms with Gasteiger partial charge in [0.1, 0.15) is 17.1 Å². The van der Waals surface area contributed by atoms with Crippen LogP contribution in [0.3, 0.4) is 0 Å². The van der Waals surface area contributed by atoms with Gasteiger partial charge in [-0.05, 0) is 25.5 Å². The van der Waals surface area contributed by atoms with Crippen LogP contribution in [0.5, 0.6) is 0 Å². The van der Waals surface area contributed by atoms with Gasteiger partial charge in [-0.3, -0.25) is 9.98 Å². The van der Waals surface area contributed by atoms with E-state index >= 15 is 0 Å². The number of aromatic nitrogens is 1. The van der Waals surface area contributed by atoms with Crippen molar-refractivity contribution in [3.05, 3.63) is 30.1 Å². The Morgan fingerprint density at radius 2 is 2.29 bits per heavy atom. The Morgan fingerprint density at radius 3 is 2.71 bits per heavy atom. The molecular formula is C12H19N3O2. The van der Waals surface area contributed by atoms with Gasteiger partial charge in [0.25, 0.3) is 0 Å². The molecule has 2 unspecified atom stereocenters. The molecule has 0 aromatic carbocycles. The third kappa shape index (κ3) is 3.01. The van der Waals surface area contributed by atoms with E-state index in [2.05, 4.69) is 9.98 Å². The molecule has 1 aromatic heterocycles. The molecule has 4 N–H and O–H groups in total. The molecule has 0 fully saturated rings. The Labute approximate surface area is 101 Å². The predicted molar refractivity (Wildman–Crippen MR) is 66.8 cm³/mol. The fraction of sp³-hybridized carbons (Fsp3) is 0.500. The summed E-state index contributed by atoms with van der Waals surface area (Å²) in [4.78, 5) is 8.32. The van der Waals surface area contributed by atoms with Crippen molar-refractivity contribution in [1.82, 2.24) is 4.98 Å². The smallest absolute Gasteiger partial charge is 0.145 e. The summed E-state index contributed by atoms with van der Waals surface area (Å²) in [6, 6.07) is 5.32. The molecule has 5 heteroatoms. The van der Waals surface area contributed by atoms with E-state index < -0.39 is 11.6 Å². The lowest BCUT2D eigenvalue weighted by Gasteiger charge is -2.29. The van der Waals surface area contributed by atoms with Crippen LogP contribution in [-0.4, -0.2) is 39.3 Å². The maximum atomic E-state index is 9.72. The molecule has 17 heavy (non-hydrogen) atoms. The Hall–Kier alpha value is -1.46. The fourth-order valence-corrected chi connectivity index (χ4v) is 1.56. The number of hydrogen-bond acceptors (Lipinski definition) is 4. The first-order valence-corrected chi connectivity index (χ1v) is 5.61. The molecule has 94 valence electrons. The van der Waals surface area contributed by atoms with Crippen molar-refractivity contribution in [1.29, 1.82) is 0 Å². The molecule has 1 aromatic rings. The Kier molecular flexibility index (Phi) is 4.60. The molecule has 5 nitrogen and oxygen atoms in total. The first-order valence-electron chi connectivity index (χ1n) is 5.61. The maximum absolute atomic E-state index is 9.72. The van der Waals surface area contributed by atoms with Gasteiger partial charge in [-0.1, -0.05) is 13.0 Å². The van der Waals surface area contributed by atoms with Crippen LogP contribution >= 0.6 is 0 Å². The summed E-state index contributed by atoms with van der Waals surface area (Å²) in [5.41, 5.74) is 5.42. The third-order valence-electron chi connectivity index (χ3n) is 2.93. The lowest BCUT2D eigenvalue weighted by Crippen LogP contribution is -2.43. The van der Waals surface area contributed by atoms with Crippen LogP contribution in [0.25, 0.3) is 0 Å². The molecule has 0 aliphatic carbocycles. The van der Waals surface area contributed by atoms with Crippen molar-refractivity contribution < 1.29 is 10.2 Å². The van der Waals surface area contributed by atoms with E-state index in [4.69, 9.17) is 5.73 Å². The van der Waals surface area contributed by atoms with Crippen molar-refractivity contribution >= 4 is 5.84 Å². The van der Waals surface area contributed by atoms with Gasteiger partial charge >= 0.3 is 0 Å². The minimum atomic E-state index is -0.957. The largest absolute Gasteiger partial charge is 0.394 e. The maximum Gasteiger partial charge on any atom is 0.145 e. The summed E-state index contributed by atoms with van der Waals surface area (Å²) in [6.07, 6.45) is 1.33. The van der Waals surface area contributed by atoms with E-state index in [0.29, 0.717) is 12.1 Å². The first kappa shape index (κ1) is 13.6. The fourth-order valence-electron chi connectivity index (χ4n) is 1.56. The molecule has 0 aliphatic rings. The van der Waals surface area contributed by atoms with Crippen molar-refractivity contribution in [2.75, 3.05) is 6.61 Å². The van der Waals surface area contributed by atoms with Crippen LogP contribution in [0.1, 0.15) is 26.0 Å². The number of hydrogen-bond donors (Lipinski definition) is 3. The molecule has 1 heterocycles. The van der Waals surface area contributed by atoms with Gasteiger partial charge < -0.3 is 15.9 Å². The number of nitrogens with zero attached hydrogens (tertiary/aromatic N) is 2. The zero-order valence-corrected chi connectivity index (χ0v) is 10.2. The molecule has 0 bridgehead atoms. The second kappa shape index (κ2) is 5.75. The molecular weight excluding hydrogens is 218 g/mol. The Balaban J connectivity index is 3.07. The quantitative estimate of drug-likeness (QED) is 0.507. The summed E-state index contributed by atoms with van der Waals surface area (Å²) in [6.45, 7) is 3.18. The SMILES string of the molecule is CCC(CO)(N=C(N)c1ccccn1)C(C)O. The van der Waals surface area contributed by atoms with E-state index in [1.54, 1.807) is 31.3 Å². The Bertz CT molecular complexity index is 373. The second-order valence-electron chi connectivity index (χ2n) is 4.00. The van der Waals surface area contributed by atoms with Crippen molar-refractivity contribution in [3.8, 4) is 0 Å². The number of aliphatic hydroxyl groups excluding tert-OH is 2. The summed E-state index contributed by atoms with van der Waals surface area (Å²) >= 11 is 0. The molecule has 1 rings (SSSR count). The molecule has 0 amide bonds. The van der Waals surface area contributed by atoms with Crippen LogP contribution in [0.4, 0.5) is 0 Å². The normalized spacial score (nSPS) is 17.5. The number of nitrogens with two attached hydrogens (primary N) is 1. The van der Waals surface area contributed by atoms with Gasteiger partial charge in [-0.25, -0.2) is 0 Å². The monoisotopic (exact) mass is 237 g/mol. The van der Waals surface area contributed by atoms with Gasteiger partial charge in [0.05, 0.1) is 12.7 Å². The first-order chi connectivity index (χ1) is 8.05. The minimum Gasteiger partial charge on any atom is -0.394 e. The van der Waals surface area contributed by atoms with Gasteiger partial charge in [0.15, 0.2) is 0 Å². The third-order valence-corrected chi connectivity index (χ3v) is 2.93. The van der Waals surface area contributed by atoms with Crippen LogP contribution in [0, 0.1) is 0 Å². The zero-order chi connectivity index (χ0) is 12.9. The van der Waals surface area contributed by atoms with E-state index in [9.17, 15) is 10.2 Å². The van der Waals surface area contributed by atoms with E-state index in [-0.39, 0.29) is 12.4 Å². The predicted octanol–water partition coefficient (Wildman–Crippen LogP) is 0.309. The summed E-state index contributed by atoms with van der Waals surface area (Å²) in [5.74, 6) is 0.224. The highest BCUT2D eigenvalue weighted by Crippen LogP contribution is 2.20. The zero-order valence-electron chi connectivity index (χ0n) is 10.2. The summed E-state index contributed by atoms with van der Waals surface area (Å²) in [7, 11) is 0. The molecule has 0 saturated carbocycles. The Morgan fingerprint density at radius 1 is 1.59 bits per heavy atom.